The number of amides is 1. The maximum atomic E-state index is 12.6. The van der Waals surface area contributed by atoms with Crippen LogP contribution in [0, 0.1) is 12.8 Å². The largest absolute Gasteiger partial charge is 0.494 e. The fraction of sp³-hybridized carbons (Fsp3) is 0.375. The van der Waals surface area contributed by atoms with E-state index in [4.69, 9.17) is 4.74 Å². The smallest absolute Gasteiger partial charge is 0.222 e. The van der Waals surface area contributed by atoms with E-state index in [-0.39, 0.29) is 5.91 Å². The summed E-state index contributed by atoms with van der Waals surface area (Å²) in [5, 5.41) is 1.22. The number of hydrogen-bond donors (Lipinski definition) is 1. The summed E-state index contributed by atoms with van der Waals surface area (Å²) in [5.41, 5.74) is 3.61. The molecule has 2 aromatic carbocycles. The van der Waals surface area contributed by atoms with Gasteiger partial charge in [-0.15, -0.1) is 0 Å². The van der Waals surface area contributed by atoms with Gasteiger partial charge in [0.25, 0.3) is 0 Å². The zero-order chi connectivity index (χ0) is 19.3. The van der Waals surface area contributed by atoms with Crippen LogP contribution in [0.4, 0.5) is 0 Å². The van der Waals surface area contributed by atoms with E-state index < -0.39 is 0 Å². The maximum Gasteiger partial charge on any atom is 0.222 e. The van der Waals surface area contributed by atoms with Crippen molar-refractivity contribution in [2.45, 2.75) is 32.6 Å². The van der Waals surface area contributed by atoms with Crippen molar-refractivity contribution in [3.05, 3.63) is 65.9 Å². The first kappa shape index (κ1) is 18.6. The first-order valence-corrected chi connectivity index (χ1v) is 10.2. The van der Waals surface area contributed by atoms with E-state index in [0.717, 1.165) is 43.6 Å². The number of carbonyl (C=O) groups is 1. The summed E-state index contributed by atoms with van der Waals surface area (Å²) in [6, 6.07) is 16.4. The molecule has 1 unspecified atom stereocenters. The second-order valence-corrected chi connectivity index (χ2v) is 7.80. The molecule has 0 aliphatic carbocycles. The molecule has 1 amide bonds. The van der Waals surface area contributed by atoms with Crippen LogP contribution in [0.5, 0.6) is 5.75 Å². The fourth-order valence-electron chi connectivity index (χ4n) is 4.01. The monoisotopic (exact) mass is 376 g/mol. The molecule has 2 heterocycles. The number of aromatic amines is 1. The molecular formula is C24H28N2O2. The number of aromatic nitrogens is 1. The number of carbonyl (C=O) groups excluding carboxylic acids is 1. The van der Waals surface area contributed by atoms with Crippen molar-refractivity contribution < 1.29 is 9.53 Å². The van der Waals surface area contributed by atoms with Crippen molar-refractivity contribution in [3.63, 3.8) is 0 Å². The molecule has 146 valence electrons. The van der Waals surface area contributed by atoms with Crippen LogP contribution in [0.1, 0.15) is 30.4 Å². The molecule has 4 rings (SSSR count). The van der Waals surface area contributed by atoms with Gasteiger partial charge < -0.3 is 14.6 Å². The minimum Gasteiger partial charge on any atom is -0.494 e. The van der Waals surface area contributed by atoms with Gasteiger partial charge in [-0.1, -0.05) is 35.9 Å². The van der Waals surface area contributed by atoms with E-state index >= 15 is 0 Å². The summed E-state index contributed by atoms with van der Waals surface area (Å²) in [6.45, 7) is 4.53. The Morgan fingerprint density at radius 3 is 2.86 bits per heavy atom. The first-order valence-electron chi connectivity index (χ1n) is 10.2. The Balaban J connectivity index is 1.21. The van der Waals surface area contributed by atoms with Gasteiger partial charge in [-0.25, -0.2) is 0 Å². The Bertz CT molecular complexity index is 929. The molecule has 3 aromatic rings. The number of rotatable bonds is 7. The molecule has 4 nitrogen and oxygen atoms in total. The lowest BCUT2D eigenvalue weighted by molar-refractivity contribution is -0.130. The molecule has 1 N–H and O–H groups in total. The SMILES string of the molecule is Cc1ccc(OCCC2CCN(C(=O)CCc3c[nH]c4ccccc34)C2)cc1. The molecule has 0 bridgehead atoms. The van der Waals surface area contributed by atoms with E-state index in [1.807, 2.05) is 35.4 Å². The molecule has 1 aliphatic rings. The van der Waals surface area contributed by atoms with E-state index in [9.17, 15) is 4.79 Å². The van der Waals surface area contributed by atoms with Gasteiger partial charge in [-0.05, 0) is 55.9 Å². The summed E-state index contributed by atoms with van der Waals surface area (Å²) in [7, 11) is 0. The van der Waals surface area contributed by atoms with Gasteiger partial charge in [0.1, 0.15) is 5.75 Å². The van der Waals surface area contributed by atoms with Crippen LogP contribution >= 0.6 is 0 Å². The van der Waals surface area contributed by atoms with Crippen LogP contribution in [0.2, 0.25) is 0 Å². The van der Waals surface area contributed by atoms with Crippen LogP contribution in [0.3, 0.4) is 0 Å². The highest BCUT2D eigenvalue weighted by molar-refractivity contribution is 5.84. The van der Waals surface area contributed by atoms with Crippen molar-refractivity contribution in [2.24, 2.45) is 5.92 Å². The quantitative estimate of drug-likeness (QED) is 0.648. The number of H-pyrrole nitrogens is 1. The highest BCUT2D eigenvalue weighted by Gasteiger charge is 2.25. The van der Waals surface area contributed by atoms with Gasteiger partial charge in [-0.3, -0.25) is 4.79 Å². The van der Waals surface area contributed by atoms with Gasteiger partial charge in [0.2, 0.25) is 5.91 Å². The standard InChI is InChI=1S/C24H28N2O2/c1-18-6-9-21(10-7-18)28-15-13-19-12-14-26(17-19)24(27)11-8-20-16-25-23-5-3-2-4-22(20)23/h2-7,9-10,16,19,25H,8,11-15,17H2,1H3. The number of para-hydroxylation sites is 1. The Morgan fingerprint density at radius 1 is 1.18 bits per heavy atom. The number of likely N-dealkylation sites (tertiary alicyclic amines) is 1. The lowest BCUT2D eigenvalue weighted by Gasteiger charge is -2.16. The first-order chi connectivity index (χ1) is 13.7. The van der Waals surface area contributed by atoms with E-state index in [1.54, 1.807) is 0 Å². The number of benzene rings is 2. The topological polar surface area (TPSA) is 45.3 Å². The minimum absolute atomic E-state index is 0.271. The van der Waals surface area contributed by atoms with Crippen LogP contribution in [0.15, 0.2) is 54.7 Å². The lowest BCUT2D eigenvalue weighted by Crippen LogP contribution is -2.29. The highest BCUT2D eigenvalue weighted by Crippen LogP contribution is 2.23. The zero-order valence-electron chi connectivity index (χ0n) is 16.5. The summed E-state index contributed by atoms with van der Waals surface area (Å²) in [6.07, 6.45) is 5.48. The summed E-state index contributed by atoms with van der Waals surface area (Å²) in [5.74, 6) is 1.74. The van der Waals surface area contributed by atoms with Crippen molar-refractivity contribution in [1.29, 1.82) is 0 Å². The van der Waals surface area contributed by atoms with Crippen molar-refractivity contribution in [3.8, 4) is 5.75 Å². The van der Waals surface area contributed by atoms with E-state index in [0.29, 0.717) is 18.9 Å². The van der Waals surface area contributed by atoms with Gasteiger partial charge in [0, 0.05) is 36.6 Å². The lowest BCUT2D eigenvalue weighted by atomic mass is 10.1. The van der Waals surface area contributed by atoms with E-state index in [2.05, 4.69) is 36.2 Å². The number of nitrogens with zero attached hydrogens (tertiary/aromatic N) is 1. The number of nitrogens with one attached hydrogen (secondary N) is 1. The van der Waals surface area contributed by atoms with Crippen LogP contribution in [-0.2, 0) is 11.2 Å². The predicted octanol–water partition coefficient (Wildman–Crippen LogP) is 4.73. The molecular weight excluding hydrogens is 348 g/mol. The van der Waals surface area contributed by atoms with Crippen molar-refractivity contribution in [1.82, 2.24) is 9.88 Å². The molecule has 1 saturated heterocycles. The summed E-state index contributed by atoms with van der Waals surface area (Å²) < 4.78 is 5.85. The van der Waals surface area contributed by atoms with Gasteiger partial charge >= 0.3 is 0 Å². The van der Waals surface area contributed by atoms with Crippen LogP contribution in [0.25, 0.3) is 10.9 Å². The van der Waals surface area contributed by atoms with Crippen molar-refractivity contribution >= 4 is 16.8 Å². The molecule has 0 radical (unpaired) electrons. The average molecular weight is 377 g/mol. The van der Waals surface area contributed by atoms with Gasteiger partial charge in [0.15, 0.2) is 0 Å². The Hall–Kier alpha value is -2.75. The number of fused-ring (bicyclic) bond motifs is 1. The van der Waals surface area contributed by atoms with Gasteiger partial charge in [0.05, 0.1) is 6.61 Å². The van der Waals surface area contributed by atoms with Crippen molar-refractivity contribution in [2.75, 3.05) is 19.7 Å². The molecule has 1 aromatic heterocycles. The molecule has 1 fully saturated rings. The minimum atomic E-state index is 0.271. The highest BCUT2D eigenvalue weighted by atomic mass is 16.5. The average Bonchev–Trinajstić information content (AvgIpc) is 3.35. The fourth-order valence-corrected chi connectivity index (χ4v) is 4.01. The molecule has 0 saturated carbocycles. The third-order valence-electron chi connectivity index (χ3n) is 5.74. The normalized spacial score (nSPS) is 16.6. The zero-order valence-corrected chi connectivity index (χ0v) is 16.5. The Labute approximate surface area is 166 Å². The Kier molecular flexibility index (Phi) is 5.65. The number of hydrogen-bond acceptors (Lipinski definition) is 2. The number of aryl methyl sites for hydroxylation is 2. The Morgan fingerprint density at radius 2 is 2.00 bits per heavy atom. The molecule has 1 aliphatic heterocycles. The summed E-state index contributed by atoms with van der Waals surface area (Å²) >= 11 is 0. The maximum absolute atomic E-state index is 12.6. The second-order valence-electron chi connectivity index (χ2n) is 7.80. The predicted molar refractivity (Wildman–Crippen MR) is 113 cm³/mol. The van der Waals surface area contributed by atoms with Crippen LogP contribution in [-0.4, -0.2) is 35.5 Å². The molecule has 28 heavy (non-hydrogen) atoms. The second kappa shape index (κ2) is 8.51. The van der Waals surface area contributed by atoms with Gasteiger partial charge in [-0.2, -0.15) is 0 Å². The van der Waals surface area contributed by atoms with E-state index in [1.165, 1.54) is 16.5 Å². The third-order valence-corrected chi connectivity index (χ3v) is 5.74. The molecule has 0 spiro atoms. The molecule has 4 heteroatoms. The number of ether oxygens (including phenoxy) is 1. The molecule has 1 atom stereocenters. The summed E-state index contributed by atoms with van der Waals surface area (Å²) in [4.78, 5) is 18.0. The third kappa shape index (κ3) is 4.38. The van der Waals surface area contributed by atoms with Crippen LogP contribution < -0.4 is 4.74 Å².